The van der Waals surface area contributed by atoms with Crippen LogP contribution < -0.4 is 24.8 Å². The third-order valence-corrected chi connectivity index (χ3v) is 24.8. The Labute approximate surface area is 256 Å². The first kappa shape index (κ1) is 32.9. The van der Waals surface area contributed by atoms with E-state index in [4.69, 9.17) is 0 Å². The van der Waals surface area contributed by atoms with Gasteiger partial charge in [-0.25, -0.2) is 0 Å². The normalized spacial score (nSPS) is 20.4. The van der Waals surface area contributed by atoms with Gasteiger partial charge in [0, 0.05) is 0 Å². The van der Waals surface area contributed by atoms with Crippen LogP contribution >= 0.6 is 0 Å². The summed E-state index contributed by atoms with van der Waals surface area (Å²) in [4.78, 5) is 0. The zero-order chi connectivity index (χ0) is 26.5. The van der Waals surface area contributed by atoms with E-state index in [1.165, 1.54) is 25.7 Å². The van der Waals surface area contributed by atoms with Gasteiger partial charge in [-0.1, -0.05) is 0 Å². The predicted octanol–water partition coefficient (Wildman–Crippen LogP) is 5.59. The molecule has 2 aromatic carbocycles. The van der Waals surface area contributed by atoms with E-state index >= 15 is 0 Å². The number of allylic oxidation sites excluding steroid dienone is 2. The second-order valence-corrected chi connectivity index (χ2v) is 25.2. The van der Waals surface area contributed by atoms with Crippen molar-refractivity contribution in [3.63, 3.8) is 0 Å². The molecule has 3 heteroatoms. The van der Waals surface area contributed by atoms with Crippen molar-refractivity contribution in [3.8, 4) is 0 Å². The zero-order valence-electron chi connectivity index (χ0n) is 25.6. The quantitative estimate of drug-likeness (QED) is 0.385. The van der Waals surface area contributed by atoms with Crippen LogP contribution in [0.3, 0.4) is 0 Å². The predicted molar refractivity (Wildman–Crippen MR) is 161 cm³/mol. The Kier molecular flexibility index (Phi) is 11.1. The molecule has 0 N–H and O–H groups in total. The van der Waals surface area contributed by atoms with Crippen molar-refractivity contribution in [1.29, 1.82) is 0 Å². The van der Waals surface area contributed by atoms with Crippen LogP contribution in [-0.4, -0.2) is 0 Å². The van der Waals surface area contributed by atoms with E-state index in [9.17, 15) is 0 Å². The smallest absolute Gasteiger partial charge is 1.00 e. The Bertz CT molecular complexity index is 1120. The van der Waals surface area contributed by atoms with Crippen LogP contribution in [0.15, 0.2) is 36.4 Å². The molecular weight excluding hydrogens is 595 g/mol. The molecule has 2 atom stereocenters. The maximum atomic E-state index is 2.75. The van der Waals surface area contributed by atoms with Crippen molar-refractivity contribution >= 4 is 12.2 Å². The third-order valence-electron chi connectivity index (χ3n) is 10.0. The number of hydrogen-bond acceptors (Lipinski definition) is 0. The van der Waals surface area contributed by atoms with Gasteiger partial charge in [-0.15, -0.1) is 0 Å². The largest absolute Gasteiger partial charge is 1.00 e. The standard InChI is InChI=1S/2C15H19.C6H12.2ClH.Zr/c2*1-10(2)12-8-9-13(11(3)4)15-7-5-6-14(12)15;1-3-5-6-4-2;;;/h2*5-11H,1-4H3;1-6H2;2*1H;/q;;;;;+2/p-2. The second kappa shape index (κ2) is 13.1. The number of fused-ring (bicyclic) bond motifs is 2. The molecule has 0 nitrogen and oxygen atoms in total. The number of hydrogen-bond donors (Lipinski definition) is 0. The number of rotatable bonds is 6. The Morgan fingerprint density at radius 2 is 0.846 bits per heavy atom. The van der Waals surface area contributed by atoms with Gasteiger partial charge < -0.3 is 24.8 Å². The van der Waals surface area contributed by atoms with E-state index in [-0.39, 0.29) is 24.8 Å². The fourth-order valence-electron chi connectivity index (χ4n) is 8.16. The Morgan fingerprint density at radius 3 is 1.18 bits per heavy atom. The number of benzene rings is 2. The van der Waals surface area contributed by atoms with Crippen molar-refractivity contribution < 1.29 is 45.1 Å². The molecule has 0 radical (unpaired) electrons. The van der Waals surface area contributed by atoms with E-state index in [1.807, 2.05) is 0 Å². The first-order chi connectivity index (χ1) is 17.7. The summed E-state index contributed by atoms with van der Waals surface area (Å²) in [5.74, 6) is 2.31. The zero-order valence-corrected chi connectivity index (χ0v) is 29.6. The molecule has 3 aliphatic rings. The van der Waals surface area contributed by atoms with E-state index in [2.05, 4.69) is 104 Å². The molecular formula is C36H50Cl2Zr. The van der Waals surface area contributed by atoms with Crippen LogP contribution in [0, 0.1) is 0 Å². The molecule has 1 saturated heterocycles. The summed E-state index contributed by atoms with van der Waals surface area (Å²) in [6.45, 7) is 19.2. The molecule has 0 spiro atoms. The van der Waals surface area contributed by atoms with Crippen LogP contribution in [0.4, 0.5) is 0 Å². The third kappa shape index (κ3) is 5.73. The minimum Gasteiger partial charge on any atom is -1.00 e. The van der Waals surface area contributed by atoms with Crippen molar-refractivity contribution in [2.45, 2.75) is 120 Å². The average molecular weight is 645 g/mol. The van der Waals surface area contributed by atoms with Crippen LogP contribution in [0.5, 0.6) is 0 Å². The van der Waals surface area contributed by atoms with E-state index in [0.29, 0.717) is 30.9 Å². The second-order valence-electron chi connectivity index (χ2n) is 13.6. The fourth-order valence-corrected chi connectivity index (χ4v) is 24.0. The maximum absolute atomic E-state index is 2.87. The summed E-state index contributed by atoms with van der Waals surface area (Å²) < 4.78 is 4.51. The van der Waals surface area contributed by atoms with Gasteiger partial charge in [0.1, 0.15) is 0 Å². The molecule has 0 saturated carbocycles. The molecule has 39 heavy (non-hydrogen) atoms. The van der Waals surface area contributed by atoms with E-state index in [1.54, 1.807) is 52.8 Å². The van der Waals surface area contributed by atoms with Crippen LogP contribution in [0.25, 0.3) is 12.2 Å². The molecule has 1 fully saturated rings. The van der Waals surface area contributed by atoms with E-state index < -0.39 is 20.3 Å². The molecule has 1 aliphatic heterocycles. The van der Waals surface area contributed by atoms with Crippen molar-refractivity contribution in [2.75, 3.05) is 0 Å². The Hall–Kier alpha value is -0.617. The topological polar surface area (TPSA) is 0 Å². The summed E-state index contributed by atoms with van der Waals surface area (Å²) >= 11 is -2.87. The monoisotopic (exact) mass is 642 g/mol. The first-order valence-electron chi connectivity index (χ1n) is 15.4. The van der Waals surface area contributed by atoms with Crippen LogP contribution in [-0.2, 0) is 20.3 Å². The summed E-state index contributed by atoms with van der Waals surface area (Å²) in [6.07, 6.45) is 16.5. The molecule has 0 amide bonds. The summed E-state index contributed by atoms with van der Waals surface area (Å²) in [6, 6.07) is 9.95. The van der Waals surface area contributed by atoms with Gasteiger partial charge >= 0.3 is 234 Å². The maximum Gasteiger partial charge on any atom is -1.00 e. The average Bonchev–Trinajstić information content (AvgIpc) is 3.42. The van der Waals surface area contributed by atoms with Gasteiger partial charge in [0.2, 0.25) is 0 Å². The summed E-state index contributed by atoms with van der Waals surface area (Å²) in [5, 5.41) is 0. The van der Waals surface area contributed by atoms with Gasteiger partial charge in [-0.2, -0.15) is 0 Å². The summed E-state index contributed by atoms with van der Waals surface area (Å²) in [5.41, 5.74) is 13.2. The molecule has 0 bridgehead atoms. The molecule has 212 valence electrons. The van der Waals surface area contributed by atoms with Gasteiger partial charge in [0.25, 0.3) is 0 Å². The van der Waals surface area contributed by atoms with Gasteiger partial charge in [0.15, 0.2) is 0 Å². The molecule has 2 unspecified atom stereocenters. The fraction of sp³-hybridized carbons (Fsp3) is 0.556. The molecule has 2 aliphatic carbocycles. The van der Waals surface area contributed by atoms with Gasteiger partial charge in [-0.05, 0) is 0 Å². The van der Waals surface area contributed by atoms with E-state index in [0.717, 1.165) is 0 Å². The van der Waals surface area contributed by atoms with Crippen molar-refractivity contribution in [3.05, 3.63) is 80.9 Å². The van der Waals surface area contributed by atoms with Crippen LogP contribution in [0.2, 0.25) is 8.26 Å². The Morgan fingerprint density at radius 1 is 0.513 bits per heavy atom. The minimum atomic E-state index is -2.87. The molecule has 2 aromatic rings. The Balaban J connectivity index is 0.00000210. The van der Waals surface area contributed by atoms with Gasteiger partial charge in [0.05, 0.1) is 0 Å². The van der Waals surface area contributed by atoms with Crippen LogP contribution in [0.1, 0.15) is 157 Å². The summed E-state index contributed by atoms with van der Waals surface area (Å²) in [7, 11) is 0. The first-order valence-corrected chi connectivity index (χ1v) is 21.7. The SMILES string of the molecule is CC(C)c1ccc(C(C)C)c2c1C=C[CH]2[Zr+2]1([CH]2C=Cc3c(C(C)C)ccc(C(C)C)c32)[CH2]CCCC[CH2]1.[Cl-].[Cl-]. The van der Waals surface area contributed by atoms with Gasteiger partial charge in [-0.3, -0.25) is 0 Å². The minimum absolute atomic E-state index is 0. The molecule has 1 heterocycles. The molecule has 5 rings (SSSR count). The number of halogens is 2. The molecule has 0 aromatic heterocycles. The van der Waals surface area contributed by atoms with Crippen molar-refractivity contribution in [1.82, 2.24) is 0 Å². The van der Waals surface area contributed by atoms with Crippen molar-refractivity contribution in [2.24, 2.45) is 0 Å².